The molecule has 0 N–H and O–H groups in total. The van der Waals surface area contributed by atoms with Crippen molar-refractivity contribution in [2.45, 2.75) is 30.8 Å². The van der Waals surface area contributed by atoms with Crippen LogP contribution in [-0.2, 0) is 27.8 Å². The van der Waals surface area contributed by atoms with E-state index in [0.29, 0.717) is 13.2 Å². The number of aromatic nitrogens is 3. The Hall–Kier alpha value is -1.77. The standard InChI is InChI=1S/C15H20N4O3S/c1-3-18-9-14-12(11-22-2)8-19(10-15(14)17-18)23(20,21)13-5-4-6-16-7-13/h4-7,9,12H,3,8,10-11H2,1-2H3/t12-/m0/s1. The molecule has 0 aromatic carbocycles. The number of fused-ring (bicyclic) bond motifs is 1. The molecule has 0 amide bonds. The maximum absolute atomic E-state index is 12.8. The maximum Gasteiger partial charge on any atom is 0.244 e. The Balaban J connectivity index is 1.96. The van der Waals surface area contributed by atoms with E-state index >= 15 is 0 Å². The summed E-state index contributed by atoms with van der Waals surface area (Å²) in [6, 6.07) is 3.19. The summed E-state index contributed by atoms with van der Waals surface area (Å²) >= 11 is 0. The van der Waals surface area contributed by atoms with Crippen molar-refractivity contribution in [3.63, 3.8) is 0 Å². The largest absolute Gasteiger partial charge is 0.384 e. The number of hydrogen-bond donors (Lipinski definition) is 0. The smallest absolute Gasteiger partial charge is 0.244 e. The van der Waals surface area contributed by atoms with Gasteiger partial charge in [0.15, 0.2) is 0 Å². The summed E-state index contributed by atoms with van der Waals surface area (Å²) in [5, 5.41) is 4.50. The number of methoxy groups -OCH3 is 1. The third-order valence-electron chi connectivity index (χ3n) is 4.02. The molecule has 0 aliphatic carbocycles. The lowest BCUT2D eigenvalue weighted by Gasteiger charge is -2.30. The van der Waals surface area contributed by atoms with E-state index in [9.17, 15) is 8.42 Å². The van der Waals surface area contributed by atoms with E-state index in [1.54, 1.807) is 25.4 Å². The number of hydrogen-bond acceptors (Lipinski definition) is 5. The molecule has 0 spiro atoms. The van der Waals surface area contributed by atoms with Gasteiger partial charge in [-0.3, -0.25) is 9.67 Å². The van der Waals surface area contributed by atoms with Crippen molar-refractivity contribution >= 4 is 10.0 Å². The van der Waals surface area contributed by atoms with Crippen molar-refractivity contribution in [2.24, 2.45) is 0 Å². The molecule has 23 heavy (non-hydrogen) atoms. The molecule has 124 valence electrons. The van der Waals surface area contributed by atoms with Gasteiger partial charge in [0.05, 0.1) is 18.8 Å². The zero-order valence-corrected chi connectivity index (χ0v) is 14.0. The summed E-state index contributed by atoms with van der Waals surface area (Å²) in [6.45, 7) is 3.88. The zero-order chi connectivity index (χ0) is 16.4. The Labute approximate surface area is 135 Å². The van der Waals surface area contributed by atoms with Crippen LogP contribution in [0.1, 0.15) is 24.1 Å². The molecule has 1 aliphatic heterocycles. The Bertz CT molecular complexity index is 773. The first-order chi connectivity index (χ1) is 11.1. The third-order valence-corrected chi connectivity index (χ3v) is 5.82. The Morgan fingerprint density at radius 2 is 2.26 bits per heavy atom. The normalized spacial score (nSPS) is 18.8. The molecule has 7 nitrogen and oxygen atoms in total. The van der Waals surface area contributed by atoms with E-state index in [-0.39, 0.29) is 17.4 Å². The molecule has 1 aliphatic rings. The monoisotopic (exact) mass is 336 g/mol. The SMILES string of the molecule is CCn1cc2c(n1)CN(S(=O)(=O)c1cccnc1)C[C@H]2COC. The van der Waals surface area contributed by atoms with Crippen molar-refractivity contribution in [1.82, 2.24) is 19.1 Å². The predicted molar refractivity (Wildman–Crippen MR) is 84.4 cm³/mol. The summed E-state index contributed by atoms with van der Waals surface area (Å²) < 4.78 is 34.2. The van der Waals surface area contributed by atoms with Gasteiger partial charge in [0.1, 0.15) is 4.90 Å². The predicted octanol–water partition coefficient (Wildman–Crippen LogP) is 1.23. The van der Waals surface area contributed by atoms with Crippen LogP contribution in [0.2, 0.25) is 0 Å². The van der Waals surface area contributed by atoms with Gasteiger partial charge in [-0.05, 0) is 19.1 Å². The van der Waals surface area contributed by atoms with Crippen molar-refractivity contribution in [3.05, 3.63) is 42.0 Å². The molecule has 3 heterocycles. The van der Waals surface area contributed by atoms with E-state index in [4.69, 9.17) is 4.74 Å². The fourth-order valence-corrected chi connectivity index (χ4v) is 4.27. The van der Waals surface area contributed by atoms with E-state index in [1.807, 2.05) is 17.8 Å². The highest BCUT2D eigenvalue weighted by molar-refractivity contribution is 7.89. The molecule has 0 saturated heterocycles. The molecule has 1 atom stereocenters. The van der Waals surface area contributed by atoms with Crippen LogP contribution in [0.15, 0.2) is 35.6 Å². The highest BCUT2D eigenvalue weighted by Gasteiger charge is 2.35. The molecule has 0 radical (unpaired) electrons. The van der Waals surface area contributed by atoms with E-state index in [2.05, 4.69) is 10.1 Å². The van der Waals surface area contributed by atoms with Crippen LogP contribution in [0.5, 0.6) is 0 Å². The molecule has 0 saturated carbocycles. The van der Waals surface area contributed by atoms with Crippen molar-refractivity contribution in [1.29, 1.82) is 0 Å². The minimum Gasteiger partial charge on any atom is -0.384 e. The molecule has 0 fully saturated rings. The number of pyridine rings is 1. The van der Waals surface area contributed by atoms with E-state index in [0.717, 1.165) is 17.8 Å². The number of rotatable bonds is 5. The molecule has 8 heteroatoms. The van der Waals surface area contributed by atoms with Crippen LogP contribution in [0.3, 0.4) is 0 Å². The molecule has 0 unspecified atom stereocenters. The molecule has 3 rings (SSSR count). The number of sulfonamides is 1. The lowest BCUT2D eigenvalue weighted by molar-refractivity contribution is 0.162. The van der Waals surface area contributed by atoms with Gasteiger partial charge in [0.2, 0.25) is 10.0 Å². The van der Waals surface area contributed by atoms with Gasteiger partial charge in [-0.1, -0.05) is 0 Å². The highest BCUT2D eigenvalue weighted by Crippen LogP contribution is 2.31. The third kappa shape index (κ3) is 3.01. The van der Waals surface area contributed by atoms with Crippen LogP contribution in [0.25, 0.3) is 0 Å². The van der Waals surface area contributed by atoms with Gasteiger partial charge >= 0.3 is 0 Å². The fourth-order valence-electron chi connectivity index (χ4n) is 2.85. The van der Waals surface area contributed by atoms with Crippen LogP contribution >= 0.6 is 0 Å². The minimum atomic E-state index is -3.59. The topological polar surface area (TPSA) is 77.3 Å². The number of aryl methyl sites for hydroxylation is 1. The second-order valence-corrected chi connectivity index (χ2v) is 7.46. The second kappa shape index (κ2) is 6.38. The molecule has 2 aromatic heterocycles. The van der Waals surface area contributed by atoms with Crippen molar-refractivity contribution in [2.75, 3.05) is 20.3 Å². The van der Waals surface area contributed by atoms with Crippen molar-refractivity contribution in [3.8, 4) is 0 Å². The highest BCUT2D eigenvalue weighted by atomic mass is 32.2. The first-order valence-electron chi connectivity index (χ1n) is 7.51. The van der Waals surface area contributed by atoms with Crippen LogP contribution in [0.4, 0.5) is 0 Å². The lowest BCUT2D eigenvalue weighted by Crippen LogP contribution is -2.39. The maximum atomic E-state index is 12.8. The second-order valence-electron chi connectivity index (χ2n) is 5.53. The zero-order valence-electron chi connectivity index (χ0n) is 13.2. The van der Waals surface area contributed by atoms with Crippen molar-refractivity contribution < 1.29 is 13.2 Å². The average molecular weight is 336 g/mol. The van der Waals surface area contributed by atoms with Gasteiger partial charge in [-0.15, -0.1) is 0 Å². The molecular weight excluding hydrogens is 316 g/mol. The lowest BCUT2D eigenvalue weighted by atomic mass is 9.97. The summed E-state index contributed by atoms with van der Waals surface area (Å²) in [5.41, 5.74) is 1.87. The Kier molecular flexibility index (Phi) is 4.47. The number of ether oxygens (including phenoxy) is 1. The molecule has 0 bridgehead atoms. The summed E-state index contributed by atoms with van der Waals surface area (Å²) in [6.07, 6.45) is 4.93. The summed E-state index contributed by atoms with van der Waals surface area (Å²) in [4.78, 5) is 4.12. The van der Waals surface area contributed by atoms with Crippen LogP contribution in [-0.4, -0.2) is 47.7 Å². The summed E-state index contributed by atoms with van der Waals surface area (Å²) in [7, 11) is -1.96. The first kappa shape index (κ1) is 16.1. The van der Waals surface area contributed by atoms with Gasteiger partial charge in [-0.25, -0.2) is 8.42 Å². The van der Waals surface area contributed by atoms with E-state index in [1.165, 1.54) is 10.5 Å². The number of nitrogens with zero attached hydrogens (tertiary/aromatic N) is 4. The van der Waals surface area contributed by atoms with Gasteiger partial charge in [-0.2, -0.15) is 9.40 Å². The van der Waals surface area contributed by atoms with Gasteiger partial charge in [0.25, 0.3) is 0 Å². The first-order valence-corrected chi connectivity index (χ1v) is 8.95. The van der Waals surface area contributed by atoms with Crippen LogP contribution < -0.4 is 0 Å². The van der Waals surface area contributed by atoms with Gasteiger partial charge in [0, 0.05) is 50.3 Å². The van der Waals surface area contributed by atoms with Crippen LogP contribution in [0, 0.1) is 0 Å². The summed E-state index contributed by atoms with van der Waals surface area (Å²) in [5.74, 6) is -0.0181. The minimum absolute atomic E-state index is 0.0181. The van der Waals surface area contributed by atoms with E-state index < -0.39 is 10.0 Å². The fraction of sp³-hybridized carbons (Fsp3) is 0.467. The quantitative estimate of drug-likeness (QED) is 0.821. The molecular formula is C15H20N4O3S. The van der Waals surface area contributed by atoms with Gasteiger partial charge < -0.3 is 4.74 Å². The molecule has 2 aromatic rings. The Morgan fingerprint density at radius 3 is 2.91 bits per heavy atom. The Morgan fingerprint density at radius 1 is 1.43 bits per heavy atom. The average Bonchev–Trinajstić information content (AvgIpc) is 2.99.